The summed E-state index contributed by atoms with van der Waals surface area (Å²) in [6.45, 7) is 6.31. The molecule has 0 saturated carbocycles. The number of esters is 1. The summed E-state index contributed by atoms with van der Waals surface area (Å²) in [6, 6.07) is 15.7. The monoisotopic (exact) mass is 941 g/mol. The molecular formula is C50H72N10O6S. The van der Waals surface area contributed by atoms with Gasteiger partial charge < -0.3 is 20.4 Å². The van der Waals surface area contributed by atoms with Crippen LogP contribution in [0.4, 0.5) is 0 Å². The Morgan fingerprint density at radius 3 is 2.07 bits per heavy atom. The van der Waals surface area contributed by atoms with Crippen LogP contribution in [0.2, 0.25) is 0 Å². The number of amides is 2. The maximum atomic E-state index is 13.3. The van der Waals surface area contributed by atoms with Crippen LogP contribution in [0.25, 0.3) is 16.9 Å². The lowest BCUT2D eigenvalue weighted by molar-refractivity contribution is -0.143. The van der Waals surface area contributed by atoms with Gasteiger partial charge in [-0.05, 0) is 50.6 Å². The van der Waals surface area contributed by atoms with E-state index in [4.69, 9.17) is 4.74 Å². The number of aryl methyl sites for hydroxylation is 2. The van der Waals surface area contributed by atoms with E-state index in [0.29, 0.717) is 17.8 Å². The van der Waals surface area contributed by atoms with E-state index in [2.05, 4.69) is 47.7 Å². The highest BCUT2D eigenvalue weighted by molar-refractivity contribution is 7.89. The lowest BCUT2D eigenvalue weighted by Gasteiger charge is -2.17. The zero-order chi connectivity index (χ0) is 47.7. The second-order valence-electron chi connectivity index (χ2n) is 17.5. The minimum atomic E-state index is -3.89. The summed E-state index contributed by atoms with van der Waals surface area (Å²) in [5.74, 6) is -1.10. The minimum Gasteiger partial charge on any atom is -0.464 e. The third-order valence-corrected chi connectivity index (χ3v) is 13.2. The summed E-state index contributed by atoms with van der Waals surface area (Å²) in [7, 11) is -3.89. The number of aromatic nitrogens is 7. The van der Waals surface area contributed by atoms with Crippen LogP contribution >= 0.6 is 0 Å². The van der Waals surface area contributed by atoms with Crippen molar-refractivity contribution in [2.75, 3.05) is 13.2 Å². The van der Waals surface area contributed by atoms with Crippen LogP contribution in [0, 0.1) is 13.8 Å². The first-order chi connectivity index (χ1) is 32.5. The number of nitrogens with zero attached hydrogens (tertiary/aromatic N) is 6. The van der Waals surface area contributed by atoms with E-state index in [1.807, 2.05) is 44.2 Å². The van der Waals surface area contributed by atoms with Gasteiger partial charge in [-0.2, -0.15) is 5.10 Å². The molecule has 1 unspecified atom stereocenters. The van der Waals surface area contributed by atoms with Gasteiger partial charge in [0.2, 0.25) is 21.8 Å². The van der Waals surface area contributed by atoms with Crippen molar-refractivity contribution in [3.05, 3.63) is 96.0 Å². The first-order valence-corrected chi connectivity index (χ1v) is 25.8. The van der Waals surface area contributed by atoms with Crippen molar-refractivity contribution in [3.8, 4) is 16.9 Å². The van der Waals surface area contributed by atoms with Crippen LogP contribution in [0.5, 0.6) is 0 Å². The van der Waals surface area contributed by atoms with Crippen molar-refractivity contribution in [2.24, 2.45) is 0 Å². The molecule has 5 rings (SSSR count). The summed E-state index contributed by atoms with van der Waals surface area (Å²) in [5.41, 5.74) is 5.78. The molecule has 0 saturated heterocycles. The number of hydrogen-bond acceptors (Lipinski definition) is 10. The predicted octanol–water partition coefficient (Wildman–Crippen LogP) is 8.38. The van der Waals surface area contributed by atoms with Crippen LogP contribution in [0.15, 0.2) is 78.2 Å². The molecule has 0 radical (unpaired) electrons. The third-order valence-electron chi connectivity index (χ3n) is 11.7. The number of H-pyrrole nitrogens is 1. The maximum absolute atomic E-state index is 13.3. The molecule has 0 bridgehead atoms. The van der Waals surface area contributed by atoms with E-state index in [-0.39, 0.29) is 55.8 Å². The van der Waals surface area contributed by atoms with Crippen molar-refractivity contribution in [1.82, 2.24) is 50.1 Å². The summed E-state index contributed by atoms with van der Waals surface area (Å²) >= 11 is 0. The zero-order valence-corrected chi connectivity index (χ0v) is 40.6. The van der Waals surface area contributed by atoms with Gasteiger partial charge in [0.25, 0.3) is 0 Å². The number of benzene rings is 2. The lowest BCUT2D eigenvalue weighted by atomic mass is 10.0. The summed E-state index contributed by atoms with van der Waals surface area (Å²) < 4.78 is 37.1. The van der Waals surface area contributed by atoms with Crippen LogP contribution in [0.3, 0.4) is 0 Å². The van der Waals surface area contributed by atoms with Crippen LogP contribution in [0.1, 0.15) is 145 Å². The number of ether oxygens (including phenoxy) is 1. The molecule has 3 heterocycles. The Hall–Kier alpha value is -5.68. The van der Waals surface area contributed by atoms with Crippen molar-refractivity contribution < 1.29 is 27.5 Å². The molecule has 0 aliphatic carbocycles. The second-order valence-corrected chi connectivity index (χ2v) is 19.2. The molecule has 0 aliphatic heterocycles. The van der Waals surface area contributed by atoms with Gasteiger partial charge in [-0.15, -0.1) is 5.10 Å². The summed E-state index contributed by atoms with van der Waals surface area (Å²) in [5, 5.41) is 18.5. The first kappa shape index (κ1) is 52.3. The first-order valence-electron chi connectivity index (χ1n) is 24.3. The van der Waals surface area contributed by atoms with Gasteiger partial charge in [0, 0.05) is 36.8 Å². The fourth-order valence-corrected chi connectivity index (χ4v) is 8.88. The summed E-state index contributed by atoms with van der Waals surface area (Å²) in [6.07, 6.45) is 25.4. The van der Waals surface area contributed by atoms with Crippen molar-refractivity contribution in [2.45, 2.75) is 167 Å². The van der Waals surface area contributed by atoms with E-state index >= 15 is 0 Å². The molecule has 67 heavy (non-hydrogen) atoms. The Balaban J connectivity index is 0.943. The Morgan fingerprint density at radius 2 is 1.45 bits per heavy atom. The summed E-state index contributed by atoms with van der Waals surface area (Å²) in [4.78, 5) is 45.8. The van der Waals surface area contributed by atoms with Gasteiger partial charge in [-0.3, -0.25) is 14.4 Å². The fourth-order valence-electron chi connectivity index (χ4n) is 7.84. The molecular weight excluding hydrogens is 869 g/mol. The Bertz CT molecular complexity index is 2330. The standard InChI is InChI=1S/C50H72N10O6S/c1-4-5-6-7-8-9-10-11-12-13-14-15-16-17-18-19-20-48(61)55-46(34-42-35-51-38-53-42)50(63)52-36-43-37-59(58-56-43)31-32-66-49(62)29-30-54-67(64,65)45-27-25-44(26-28-45)60-47(33-40(3)57-60)41-23-21-39(2)22-24-41/h21-28,33,35,37-38,46,54H,4-20,29-32,34,36H2,1-3H3,(H,51,53)(H,52,63)(H,55,61). The van der Waals surface area contributed by atoms with Gasteiger partial charge in [0.05, 0.1) is 54.0 Å². The highest BCUT2D eigenvalue weighted by atomic mass is 32.2. The number of carbonyl (C=O) groups excluding carboxylic acids is 3. The van der Waals surface area contributed by atoms with Gasteiger partial charge in [-0.1, -0.05) is 138 Å². The molecule has 16 nitrogen and oxygen atoms in total. The topological polar surface area (TPSA) is 208 Å². The molecule has 1 atom stereocenters. The molecule has 17 heteroatoms. The highest BCUT2D eigenvalue weighted by Gasteiger charge is 2.22. The smallest absolute Gasteiger partial charge is 0.307 e. The number of sulfonamides is 1. The maximum Gasteiger partial charge on any atom is 0.307 e. The molecule has 4 N–H and O–H groups in total. The molecule has 2 aromatic carbocycles. The normalized spacial score (nSPS) is 12.0. The SMILES string of the molecule is CCCCCCCCCCCCCCCCCCC(=O)NC(Cc1cnc[nH]1)C(=O)NCc1cn(CCOC(=O)CCNS(=O)(=O)c2ccc(-n3nc(C)cc3-c3ccc(C)cc3)cc2)nn1. The second kappa shape index (κ2) is 28.5. The van der Waals surface area contributed by atoms with Crippen LogP contribution < -0.4 is 15.4 Å². The fraction of sp³-hybridized carbons (Fsp3) is 0.540. The number of nitrogens with one attached hydrogen (secondary N) is 4. The quantitative estimate of drug-likeness (QED) is 0.0233. The van der Waals surface area contributed by atoms with Crippen LogP contribution in [-0.4, -0.2) is 80.1 Å². The Kier molecular flexibility index (Phi) is 22.2. The minimum absolute atomic E-state index is 0.0165. The molecule has 3 aromatic heterocycles. The average molecular weight is 941 g/mol. The highest BCUT2D eigenvalue weighted by Crippen LogP contribution is 2.25. The number of imidazole rings is 1. The third kappa shape index (κ3) is 18.9. The van der Waals surface area contributed by atoms with Crippen LogP contribution in [-0.2, 0) is 48.7 Å². The average Bonchev–Trinajstić information content (AvgIpc) is 4.10. The van der Waals surface area contributed by atoms with Crippen molar-refractivity contribution in [1.29, 1.82) is 0 Å². The van der Waals surface area contributed by atoms with Gasteiger partial charge in [0.15, 0.2) is 0 Å². The molecule has 364 valence electrons. The number of rotatable bonds is 33. The van der Waals surface area contributed by atoms with Gasteiger partial charge in [-0.25, -0.2) is 27.5 Å². The number of carbonyl (C=O) groups is 3. The number of aromatic amines is 1. The molecule has 0 spiro atoms. The Morgan fingerprint density at radius 1 is 0.806 bits per heavy atom. The van der Waals surface area contributed by atoms with Crippen molar-refractivity contribution in [3.63, 3.8) is 0 Å². The van der Waals surface area contributed by atoms with Gasteiger partial charge >= 0.3 is 5.97 Å². The zero-order valence-electron chi connectivity index (χ0n) is 39.8. The molecule has 0 aliphatic rings. The Labute approximate surface area is 396 Å². The van der Waals surface area contributed by atoms with E-state index in [1.165, 1.54) is 107 Å². The van der Waals surface area contributed by atoms with E-state index < -0.39 is 22.0 Å². The number of hydrogen-bond donors (Lipinski definition) is 4. The van der Waals surface area contributed by atoms with E-state index in [1.54, 1.807) is 29.2 Å². The lowest BCUT2D eigenvalue weighted by Crippen LogP contribution is -2.47. The largest absolute Gasteiger partial charge is 0.464 e. The molecule has 0 fully saturated rings. The number of unbranched alkanes of at least 4 members (excludes halogenated alkanes) is 15. The molecule has 5 aromatic rings. The van der Waals surface area contributed by atoms with Gasteiger partial charge in [0.1, 0.15) is 18.3 Å². The van der Waals surface area contributed by atoms with E-state index in [9.17, 15) is 22.8 Å². The predicted molar refractivity (Wildman–Crippen MR) is 259 cm³/mol. The van der Waals surface area contributed by atoms with E-state index in [0.717, 1.165) is 47.5 Å². The van der Waals surface area contributed by atoms with Crippen molar-refractivity contribution >= 4 is 27.8 Å². The molecule has 2 amide bonds.